The normalized spacial score (nSPS) is 28.9. The van der Waals surface area contributed by atoms with Gasteiger partial charge in [-0.2, -0.15) is 4.31 Å². The molecule has 7 heteroatoms. The summed E-state index contributed by atoms with van der Waals surface area (Å²) in [5.74, 6) is 0. The van der Waals surface area contributed by atoms with Gasteiger partial charge >= 0.3 is 0 Å². The van der Waals surface area contributed by atoms with E-state index in [1.807, 2.05) is 11.4 Å². The molecule has 2 saturated heterocycles. The summed E-state index contributed by atoms with van der Waals surface area (Å²) < 4.78 is 28.7. The SMILES string of the molecule is O=S(=O)(c1sccc1Br)N1CCCCC1C1CCCN1. The number of hydrogen-bond donors (Lipinski definition) is 1. The minimum atomic E-state index is -3.37. The lowest BCUT2D eigenvalue weighted by Gasteiger charge is -2.38. The Morgan fingerprint density at radius 2 is 2.15 bits per heavy atom. The van der Waals surface area contributed by atoms with Crippen LogP contribution in [-0.2, 0) is 10.0 Å². The molecule has 0 aromatic carbocycles. The van der Waals surface area contributed by atoms with Crippen molar-refractivity contribution in [1.29, 1.82) is 0 Å². The van der Waals surface area contributed by atoms with Crippen LogP contribution in [-0.4, -0.2) is 37.9 Å². The predicted molar refractivity (Wildman–Crippen MR) is 84.6 cm³/mol. The molecule has 1 aromatic heterocycles. The van der Waals surface area contributed by atoms with Crippen LogP contribution in [0.5, 0.6) is 0 Å². The van der Waals surface area contributed by atoms with Crippen molar-refractivity contribution >= 4 is 37.3 Å². The van der Waals surface area contributed by atoms with E-state index in [9.17, 15) is 8.42 Å². The lowest BCUT2D eigenvalue weighted by Crippen LogP contribution is -2.52. The number of hydrogen-bond acceptors (Lipinski definition) is 4. The molecule has 2 aliphatic heterocycles. The Hall–Kier alpha value is 0.0500. The van der Waals surface area contributed by atoms with Crippen molar-refractivity contribution < 1.29 is 8.42 Å². The summed E-state index contributed by atoms with van der Waals surface area (Å²) >= 11 is 4.66. The van der Waals surface area contributed by atoms with Crippen LogP contribution in [0.4, 0.5) is 0 Å². The number of piperidine rings is 1. The second-order valence-electron chi connectivity index (χ2n) is 5.44. The van der Waals surface area contributed by atoms with Gasteiger partial charge in [-0.15, -0.1) is 11.3 Å². The van der Waals surface area contributed by atoms with E-state index in [2.05, 4.69) is 21.2 Å². The summed E-state index contributed by atoms with van der Waals surface area (Å²) in [5, 5.41) is 5.30. The molecular formula is C13H19BrN2O2S2. The van der Waals surface area contributed by atoms with Gasteiger partial charge in [-0.25, -0.2) is 8.42 Å². The van der Waals surface area contributed by atoms with E-state index in [-0.39, 0.29) is 6.04 Å². The lowest BCUT2D eigenvalue weighted by atomic mass is 9.97. The largest absolute Gasteiger partial charge is 0.312 e. The Morgan fingerprint density at radius 1 is 1.30 bits per heavy atom. The van der Waals surface area contributed by atoms with E-state index < -0.39 is 10.0 Å². The number of nitrogens with one attached hydrogen (secondary N) is 1. The molecule has 0 spiro atoms. The summed E-state index contributed by atoms with van der Waals surface area (Å²) in [6.45, 7) is 1.66. The third-order valence-electron chi connectivity index (χ3n) is 4.19. The van der Waals surface area contributed by atoms with Gasteiger partial charge in [-0.1, -0.05) is 6.42 Å². The highest BCUT2D eigenvalue weighted by Crippen LogP contribution is 2.35. The van der Waals surface area contributed by atoms with Crippen LogP contribution < -0.4 is 5.32 Å². The maximum absolute atomic E-state index is 12.9. The molecule has 2 fully saturated rings. The molecule has 112 valence electrons. The first-order valence-corrected chi connectivity index (χ1v) is 10.2. The highest BCUT2D eigenvalue weighted by atomic mass is 79.9. The van der Waals surface area contributed by atoms with Gasteiger partial charge in [0.25, 0.3) is 10.0 Å². The maximum Gasteiger partial charge on any atom is 0.254 e. The fraction of sp³-hybridized carbons (Fsp3) is 0.692. The van der Waals surface area contributed by atoms with Gasteiger partial charge in [0.1, 0.15) is 4.21 Å². The molecule has 3 heterocycles. The summed E-state index contributed by atoms with van der Waals surface area (Å²) in [6, 6.07) is 2.25. The van der Waals surface area contributed by atoms with Gasteiger partial charge in [0, 0.05) is 23.1 Å². The van der Waals surface area contributed by atoms with Gasteiger partial charge in [-0.05, 0) is 59.6 Å². The number of thiophene rings is 1. The molecule has 1 aromatic rings. The number of halogens is 1. The fourth-order valence-corrected chi connectivity index (χ4v) is 7.40. The van der Waals surface area contributed by atoms with Gasteiger partial charge in [0.2, 0.25) is 0 Å². The first kappa shape index (κ1) is 15.0. The minimum absolute atomic E-state index is 0.116. The molecule has 0 aliphatic carbocycles. The number of nitrogens with zero attached hydrogens (tertiary/aromatic N) is 1. The van der Waals surface area contributed by atoms with Crippen LogP contribution in [0.1, 0.15) is 32.1 Å². The molecule has 0 radical (unpaired) electrons. The predicted octanol–water partition coefficient (Wildman–Crippen LogP) is 2.81. The molecule has 4 nitrogen and oxygen atoms in total. The van der Waals surface area contributed by atoms with Crippen molar-refractivity contribution in [3.8, 4) is 0 Å². The van der Waals surface area contributed by atoms with E-state index in [0.29, 0.717) is 21.3 Å². The van der Waals surface area contributed by atoms with E-state index in [1.54, 1.807) is 4.31 Å². The van der Waals surface area contributed by atoms with Crippen LogP contribution in [0.15, 0.2) is 20.1 Å². The molecule has 0 bridgehead atoms. The maximum atomic E-state index is 12.9. The van der Waals surface area contributed by atoms with Crippen LogP contribution in [0.25, 0.3) is 0 Å². The second kappa shape index (κ2) is 6.04. The first-order chi connectivity index (χ1) is 9.60. The van der Waals surface area contributed by atoms with Crippen molar-refractivity contribution in [2.75, 3.05) is 13.1 Å². The van der Waals surface area contributed by atoms with Crippen molar-refractivity contribution in [1.82, 2.24) is 9.62 Å². The molecule has 2 aliphatic rings. The monoisotopic (exact) mass is 378 g/mol. The quantitative estimate of drug-likeness (QED) is 0.879. The second-order valence-corrected chi connectivity index (χ2v) is 9.29. The Kier molecular flexibility index (Phi) is 4.52. The Bertz CT molecular complexity index is 567. The van der Waals surface area contributed by atoms with Crippen molar-refractivity contribution in [2.45, 2.75) is 48.4 Å². The average molecular weight is 379 g/mol. The molecule has 0 saturated carbocycles. The highest BCUT2D eigenvalue weighted by Gasteiger charge is 2.39. The van der Waals surface area contributed by atoms with Gasteiger partial charge in [-0.3, -0.25) is 0 Å². The van der Waals surface area contributed by atoms with E-state index in [1.165, 1.54) is 11.3 Å². The van der Waals surface area contributed by atoms with Crippen LogP contribution in [0.2, 0.25) is 0 Å². The van der Waals surface area contributed by atoms with Gasteiger partial charge in [0.15, 0.2) is 0 Å². The zero-order valence-electron chi connectivity index (χ0n) is 11.2. The minimum Gasteiger partial charge on any atom is -0.312 e. The zero-order valence-corrected chi connectivity index (χ0v) is 14.4. The molecule has 2 atom stereocenters. The van der Waals surface area contributed by atoms with Crippen LogP contribution >= 0.6 is 27.3 Å². The topological polar surface area (TPSA) is 49.4 Å². The Balaban J connectivity index is 1.91. The molecule has 20 heavy (non-hydrogen) atoms. The van der Waals surface area contributed by atoms with Crippen LogP contribution in [0.3, 0.4) is 0 Å². The van der Waals surface area contributed by atoms with Crippen molar-refractivity contribution in [3.63, 3.8) is 0 Å². The number of rotatable bonds is 3. The fourth-order valence-electron chi connectivity index (χ4n) is 3.24. The molecule has 3 rings (SSSR count). The van der Waals surface area contributed by atoms with E-state index >= 15 is 0 Å². The first-order valence-electron chi connectivity index (χ1n) is 7.09. The molecule has 1 N–H and O–H groups in total. The lowest BCUT2D eigenvalue weighted by molar-refractivity contribution is 0.211. The molecule has 2 unspecified atom stereocenters. The third kappa shape index (κ3) is 2.70. The summed E-state index contributed by atoms with van der Waals surface area (Å²) in [7, 11) is -3.37. The molecular weight excluding hydrogens is 360 g/mol. The molecule has 0 amide bonds. The van der Waals surface area contributed by atoms with E-state index in [0.717, 1.165) is 38.6 Å². The third-order valence-corrected chi connectivity index (χ3v) is 8.76. The average Bonchev–Trinajstić information content (AvgIpc) is 3.09. The smallest absolute Gasteiger partial charge is 0.254 e. The number of sulfonamides is 1. The van der Waals surface area contributed by atoms with Crippen molar-refractivity contribution in [2.24, 2.45) is 0 Å². The summed E-state index contributed by atoms with van der Waals surface area (Å²) in [5.41, 5.74) is 0. The Labute approximate surface area is 132 Å². The summed E-state index contributed by atoms with van der Waals surface area (Å²) in [6.07, 6.45) is 5.30. The van der Waals surface area contributed by atoms with Gasteiger partial charge in [0.05, 0.1) is 0 Å². The highest BCUT2D eigenvalue weighted by molar-refractivity contribution is 9.10. The summed E-state index contributed by atoms with van der Waals surface area (Å²) in [4.78, 5) is 0. The zero-order chi connectivity index (χ0) is 14.2. The van der Waals surface area contributed by atoms with Crippen LogP contribution in [0, 0.1) is 0 Å². The standard InChI is InChI=1S/C13H19BrN2O2S2/c14-10-6-9-19-13(10)20(17,18)16-8-2-1-5-12(16)11-4-3-7-15-11/h6,9,11-12,15H,1-5,7-8H2. The van der Waals surface area contributed by atoms with Crippen molar-refractivity contribution in [3.05, 3.63) is 15.9 Å². The van der Waals surface area contributed by atoms with E-state index in [4.69, 9.17) is 0 Å². The van der Waals surface area contributed by atoms with Gasteiger partial charge < -0.3 is 5.32 Å². The Morgan fingerprint density at radius 3 is 2.80 bits per heavy atom.